The molecule has 0 radical (unpaired) electrons. The lowest BCUT2D eigenvalue weighted by molar-refractivity contribution is 0.0929. The smallest absolute Gasteiger partial charge is 0.307 e. The number of fused-ring (bicyclic) bond motifs is 1. The Morgan fingerprint density at radius 1 is 1.30 bits per heavy atom. The average molecular weight is 646 g/mol. The Bertz CT molecular complexity index is 1170. The summed E-state index contributed by atoms with van der Waals surface area (Å²) in [4.78, 5) is 12.4. The zero-order chi connectivity index (χ0) is 21.7. The first kappa shape index (κ1) is 22.7. The molecule has 1 N–H and O–H groups in total. The van der Waals surface area contributed by atoms with E-state index in [2.05, 4.69) is 70.9 Å². The van der Waals surface area contributed by atoms with Crippen molar-refractivity contribution in [3.63, 3.8) is 0 Å². The van der Waals surface area contributed by atoms with Crippen molar-refractivity contribution >= 4 is 77.5 Å². The number of amides is 1. The molecule has 1 heterocycles. The molecule has 0 aliphatic heterocycles. The molecular formula is C21H15Br2IN2O4. The molecule has 3 rings (SSSR count). The van der Waals surface area contributed by atoms with Gasteiger partial charge in [0.2, 0.25) is 0 Å². The van der Waals surface area contributed by atoms with Crippen molar-refractivity contribution in [2.24, 2.45) is 5.10 Å². The van der Waals surface area contributed by atoms with Gasteiger partial charge < -0.3 is 13.9 Å². The normalized spacial score (nSPS) is 10.9. The maximum Gasteiger partial charge on any atom is 0.307 e. The lowest BCUT2D eigenvalue weighted by atomic mass is 10.2. The number of hydrazone groups is 1. The van der Waals surface area contributed by atoms with E-state index in [0.29, 0.717) is 33.7 Å². The molecule has 0 bridgehead atoms. The Balaban J connectivity index is 1.77. The number of halogens is 3. The maximum atomic E-state index is 12.4. The molecule has 0 saturated heterocycles. The largest absolute Gasteiger partial charge is 0.490 e. The zero-order valence-electron chi connectivity index (χ0n) is 15.7. The summed E-state index contributed by atoms with van der Waals surface area (Å²) in [6, 6.07) is 9.01. The van der Waals surface area contributed by atoms with E-state index in [-0.39, 0.29) is 12.4 Å². The van der Waals surface area contributed by atoms with Crippen LogP contribution in [0.2, 0.25) is 0 Å². The predicted molar refractivity (Wildman–Crippen MR) is 131 cm³/mol. The fourth-order valence-corrected chi connectivity index (χ4v) is 4.82. The van der Waals surface area contributed by atoms with Crippen LogP contribution in [0.4, 0.5) is 0 Å². The molecule has 9 heteroatoms. The first-order valence-electron chi connectivity index (χ1n) is 8.67. The first-order chi connectivity index (χ1) is 14.4. The van der Waals surface area contributed by atoms with Gasteiger partial charge in [0.15, 0.2) is 17.3 Å². The minimum Gasteiger partial charge on any atom is -0.490 e. The Kier molecular flexibility index (Phi) is 7.80. The van der Waals surface area contributed by atoms with E-state index in [1.54, 1.807) is 18.2 Å². The van der Waals surface area contributed by atoms with Gasteiger partial charge in [-0.1, -0.05) is 21.9 Å². The molecule has 0 fully saturated rings. The third-order valence-electron chi connectivity index (χ3n) is 3.77. The number of furan rings is 1. The summed E-state index contributed by atoms with van der Waals surface area (Å²) in [6.07, 6.45) is 6.76. The number of carbonyl (C=O) groups excluding carboxylic acids is 1. The van der Waals surface area contributed by atoms with E-state index < -0.39 is 5.91 Å². The summed E-state index contributed by atoms with van der Waals surface area (Å²) in [5.41, 5.74) is 3.82. The molecule has 1 aromatic heterocycles. The summed E-state index contributed by atoms with van der Waals surface area (Å²) < 4.78 is 19.3. The molecule has 0 saturated carbocycles. The number of hydrogen-bond donors (Lipinski definition) is 1. The van der Waals surface area contributed by atoms with Crippen LogP contribution >= 0.6 is 54.5 Å². The highest BCUT2D eigenvalue weighted by molar-refractivity contribution is 14.1. The number of nitrogens with one attached hydrogen (secondary N) is 1. The summed E-state index contributed by atoms with van der Waals surface area (Å²) in [5.74, 6) is 3.18. The number of nitrogens with zero attached hydrogens (tertiary/aromatic N) is 1. The standard InChI is InChI=1S/C21H15Br2IN2O4/c1-3-5-29-20-15(23)6-12(7-17(20)28-4-2)11-25-26-21(27)18-9-13-8-14(22)10-16(24)19(13)30-18/h1,6-11H,4-5H2,2H3,(H,26,27)/b25-11-. The highest BCUT2D eigenvalue weighted by Gasteiger charge is 2.15. The van der Waals surface area contributed by atoms with Gasteiger partial charge in [-0.3, -0.25) is 4.79 Å². The fourth-order valence-electron chi connectivity index (χ4n) is 2.59. The van der Waals surface area contributed by atoms with Crippen molar-refractivity contribution in [3.05, 3.63) is 54.2 Å². The van der Waals surface area contributed by atoms with Crippen molar-refractivity contribution in [3.8, 4) is 23.8 Å². The zero-order valence-corrected chi connectivity index (χ0v) is 21.0. The van der Waals surface area contributed by atoms with Crippen LogP contribution < -0.4 is 14.9 Å². The van der Waals surface area contributed by atoms with Crippen LogP contribution in [0.5, 0.6) is 11.5 Å². The van der Waals surface area contributed by atoms with Crippen molar-refractivity contribution < 1.29 is 18.7 Å². The van der Waals surface area contributed by atoms with E-state index in [1.165, 1.54) is 6.21 Å². The molecule has 6 nitrogen and oxygen atoms in total. The van der Waals surface area contributed by atoms with Gasteiger partial charge in [-0.2, -0.15) is 5.10 Å². The van der Waals surface area contributed by atoms with Crippen molar-refractivity contribution in [1.82, 2.24) is 5.43 Å². The lowest BCUT2D eigenvalue weighted by Crippen LogP contribution is -2.16. The van der Waals surface area contributed by atoms with Gasteiger partial charge in [0, 0.05) is 9.86 Å². The van der Waals surface area contributed by atoms with Crippen LogP contribution in [0.1, 0.15) is 23.0 Å². The minimum atomic E-state index is -0.451. The predicted octanol–water partition coefficient (Wildman–Crippen LogP) is 5.74. The maximum absolute atomic E-state index is 12.4. The third-order valence-corrected chi connectivity index (χ3v) is 5.62. The number of terminal acetylenes is 1. The lowest BCUT2D eigenvalue weighted by Gasteiger charge is -2.13. The van der Waals surface area contributed by atoms with E-state index in [1.807, 2.05) is 19.1 Å². The van der Waals surface area contributed by atoms with Crippen LogP contribution in [0, 0.1) is 15.9 Å². The van der Waals surface area contributed by atoms with Gasteiger partial charge in [-0.15, -0.1) is 6.42 Å². The Morgan fingerprint density at radius 2 is 2.10 bits per heavy atom. The number of benzene rings is 2. The van der Waals surface area contributed by atoms with E-state index in [4.69, 9.17) is 20.3 Å². The van der Waals surface area contributed by atoms with Crippen molar-refractivity contribution in [1.29, 1.82) is 0 Å². The topological polar surface area (TPSA) is 73.1 Å². The monoisotopic (exact) mass is 644 g/mol. The summed E-state index contributed by atoms with van der Waals surface area (Å²) >= 11 is 9.04. The van der Waals surface area contributed by atoms with Crippen LogP contribution in [0.25, 0.3) is 11.0 Å². The van der Waals surface area contributed by atoms with Gasteiger partial charge in [0.05, 0.1) is 20.9 Å². The van der Waals surface area contributed by atoms with Gasteiger partial charge in [-0.05, 0) is 81.3 Å². The second-order valence-corrected chi connectivity index (χ2v) is 8.80. The number of rotatable bonds is 7. The second kappa shape index (κ2) is 10.3. The molecule has 30 heavy (non-hydrogen) atoms. The molecule has 0 aliphatic carbocycles. The summed E-state index contributed by atoms with van der Waals surface area (Å²) in [7, 11) is 0. The molecule has 0 atom stereocenters. The van der Waals surface area contributed by atoms with Crippen LogP contribution in [0.15, 0.2) is 48.8 Å². The van der Waals surface area contributed by atoms with E-state index in [9.17, 15) is 4.79 Å². The molecule has 154 valence electrons. The van der Waals surface area contributed by atoms with Crippen LogP contribution in [-0.2, 0) is 0 Å². The average Bonchev–Trinajstić information content (AvgIpc) is 3.12. The van der Waals surface area contributed by atoms with Crippen LogP contribution in [-0.4, -0.2) is 25.3 Å². The van der Waals surface area contributed by atoms with Gasteiger partial charge in [0.1, 0.15) is 12.2 Å². The number of ether oxygens (including phenoxy) is 2. The Labute approximate surface area is 203 Å². The van der Waals surface area contributed by atoms with Gasteiger partial charge >= 0.3 is 5.91 Å². The molecule has 0 unspecified atom stereocenters. The van der Waals surface area contributed by atoms with Crippen molar-refractivity contribution in [2.45, 2.75) is 6.92 Å². The molecule has 0 spiro atoms. The van der Waals surface area contributed by atoms with Gasteiger partial charge in [-0.25, -0.2) is 5.43 Å². The quantitative estimate of drug-likeness (QED) is 0.154. The van der Waals surface area contributed by atoms with Crippen LogP contribution in [0.3, 0.4) is 0 Å². The molecule has 1 amide bonds. The van der Waals surface area contributed by atoms with E-state index in [0.717, 1.165) is 13.4 Å². The summed E-state index contributed by atoms with van der Waals surface area (Å²) in [6.45, 7) is 2.44. The summed E-state index contributed by atoms with van der Waals surface area (Å²) in [5, 5.41) is 4.85. The van der Waals surface area contributed by atoms with E-state index >= 15 is 0 Å². The number of hydrogen-bond acceptors (Lipinski definition) is 5. The second-order valence-electron chi connectivity index (χ2n) is 5.87. The molecular weight excluding hydrogens is 631 g/mol. The highest BCUT2D eigenvalue weighted by Crippen LogP contribution is 2.36. The van der Waals surface area contributed by atoms with Crippen molar-refractivity contribution in [2.75, 3.05) is 13.2 Å². The first-order valence-corrected chi connectivity index (χ1v) is 11.3. The SMILES string of the molecule is C#CCOc1c(Br)cc(/C=N\NC(=O)c2cc3cc(Br)cc(I)c3o2)cc1OCC. The number of carbonyl (C=O) groups is 1. The molecule has 3 aromatic rings. The molecule has 0 aliphatic rings. The molecule has 2 aromatic carbocycles. The fraction of sp³-hybridized carbons (Fsp3) is 0.143. The minimum absolute atomic E-state index is 0.120. The Morgan fingerprint density at radius 3 is 2.83 bits per heavy atom. The highest BCUT2D eigenvalue weighted by atomic mass is 127. The third kappa shape index (κ3) is 5.36. The van der Waals surface area contributed by atoms with Gasteiger partial charge in [0.25, 0.3) is 0 Å². The Hall–Kier alpha value is -2.03.